The second kappa shape index (κ2) is 7.28. The number of benzene rings is 2. The zero-order valence-electron chi connectivity index (χ0n) is 15.2. The van der Waals surface area contributed by atoms with Gasteiger partial charge in [-0.25, -0.2) is 4.98 Å². The number of halogens is 1. The zero-order chi connectivity index (χ0) is 19.7. The third-order valence-corrected chi connectivity index (χ3v) is 4.57. The van der Waals surface area contributed by atoms with Crippen molar-refractivity contribution in [3.8, 4) is 11.4 Å². The van der Waals surface area contributed by atoms with Crippen LogP contribution in [0.5, 0.6) is 5.75 Å². The van der Waals surface area contributed by atoms with Gasteiger partial charge in [-0.1, -0.05) is 22.9 Å². The number of fused-ring (bicyclic) bond motifs is 1. The second-order valence-electron chi connectivity index (χ2n) is 6.17. The number of rotatable bonds is 4. The Morgan fingerprint density at radius 2 is 2.04 bits per heavy atom. The highest BCUT2D eigenvalue weighted by molar-refractivity contribution is 6.34. The van der Waals surface area contributed by atoms with E-state index in [4.69, 9.17) is 16.3 Å². The molecule has 0 atom stereocenters. The molecule has 1 amide bonds. The van der Waals surface area contributed by atoms with E-state index >= 15 is 0 Å². The molecule has 0 unspecified atom stereocenters. The molecule has 0 saturated carbocycles. The van der Waals surface area contributed by atoms with Crippen molar-refractivity contribution >= 4 is 34.4 Å². The standard InChI is InChI=1S/C20H16ClN5O2/c1-12-5-8-18(28-2)17(10-12)23-20(27)14-7-6-13(11-15(14)21)26-19-16(24-25-26)4-3-9-22-19/h3-11H,1-2H3,(H,23,27). The molecule has 0 aliphatic heterocycles. The van der Waals surface area contributed by atoms with Crippen LogP contribution in [0, 0.1) is 6.92 Å². The Morgan fingerprint density at radius 3 is 2.82 bits per heavy atom. The summed E-state index contributed by atoms with van der Waals surface area (Å²) in [6.45, 7) is 1.94. The number of aryl methyl sites for hydroxylation is 1. The van der Waals surface area contributed by atoms with Crippen molar-refractivity contribution in [3.63, 3.8) is 0 Å². The molecule has 140 valence electrons. The van der Waals surface area contributed by atoms with Gasteiger partial charge >= 0.3 is 0 Å². The summed E-state index contributed by atoms with van der Waals surface area (Å²) >= 11 is 6.39. The number of methoxy groups -OCH3 is 1. The van der Waals surface area contributed by atoms with Crippen LogP contribution in [0.4, 0.5) is 5.69 Å². The van der Waals surface area contributed by atoms with Gasteiger partial charge in [-0.2, -0.15) is 4.68 Å². The summed E-state index contributed by atoms with van der Waals surface area (Å²) in [4.78, 5) is 17.0. The fourth-order valence-electron chi connectivity index (χ4n) is 2.87. The molecule has 8 heteroatoms. The van der Waals surface area contributed by atoms with Crippen LogP contribution < -0.4 is 10.1 Å². The van der Waals surface area contributed by atoms with E-state index in [1.54, 1.807) is 48.3 Å². The first-order chi connectivity index (χ1) is 13.6. The van der Waals surface area contributed by atoms with Crippen LogP contribution in [0.25, 0.3) is 16.9 Å². The lowest BCUT2D eigenvalue weighted by Gasteiger charge is -2.12. The number of hydrogen-bond donors (Lipinski definition) is 1. The molecule has 0 fully saturated rings. The van der Waals surface area contributed by atoms with E-state index < -0.39 is 0 Å². The number of ether oxygens (including phenoxy) is 1. The summed E-state index contributed by atoms with van der Waals surface area (Å²) < 4.78 is 6.88. The van der Waals surface area contributed by atoms with Crippen molar-refractivity contribution < 1.29 is 9.53 Å². The number of aromatic nitrogens is 4. The monoisotopic (exact) mass is 393 g/mol. The number of carbonyl (C=O) groups is 1. The average Bonchev–Trinajstić information content (AvgIpc) is 3.12. The van der Waals surface area contributed by atoms with Crippen molar-refractivity contribution in [2.45, 2.75) is 6.92 Å². The minimum absolute atomic E-state index is 0.293. The van der Waals surface area contributed by atoms with Gasteiger partial charge in [0.05, 0.1) is 29.1 Å². The molecule has 0 aliphatic rings. The van der Waals surface area contributed by atoms with E-state index in [0.717, 1.165) is 5.56 Å². The number of nitrogens with one attached hydrogen (secondary N) is 1. The van der Waals surface area contributed by atoms with Crippen LogP contribution in [-0.4, -0.2) is 33.0 Å². The smallest absolute Gasteiger partial charge is 0.257 e. The lowest BCUT2D eigenvalue weighted by molar-refractivity contribution is 0.102. The maximum Gasteiger partial charge on any atom is 0.257 e. The Kier molecular flexibility index (Phi) is 4.67. The molecule has 0 saturated heterocycles. The predicted molar refractivity (Wildman–Crippen MR) is 107 cm³/mol. The Hall–Kier alpha value is -3.45. The third-order valence-electron chi connectivity index (χ3n) is 4.25. The van der Waals surface area contributed by atoms with Gasteiger partial charge in [0.25, 0.3) is 5.91 Å². The van der Waals surface area contributed by atoms with Gasteiger partial charge in [0.15, 0.2) is 5.65 Å². The van der Waals surface area contributed by atoms with Gasteiger partial charge in [-0.05, 0) is 55.0 Å². The van der Waals surface area contributed by atoms with E-state index in [2.05, 4.69) is 20.6 Å². The van der Waals surface area contributed by atoms with E-state index in [-0.39, 0.29) is 5.91 Å². The lowest BCUT2D eigenvalue weighted by atomic mass is 10.1. The first-order valence-electron chi connectivity index (χ1n) is 8.49. The Balaban J connectivity index is 1.65. The molecule has 2 heterocycles. The Bertz CT molecular complexity index is 1190. The highest BCUT2D eigenvalue weighted by atomic mass is 35.5. The first-order valence-corrected chi connectivity index (χ1v) is 8.87. The summed E-state index contributed by atoms with van der Waals surface area (Å²) in [6, 6.07) is 14.2. The van der Waals surface area contributed by atoms with Gasteiger partial charge in [-0.3, -0.25) is 4.79 Å². The van der Waals surface area contributed by atoms with Crippen LogP contribution in [-0.2, 0) is 0 Å². The minimum atomic E-state index is -0.331. The van der Waals surface area contributed by atoms with Gasteiger partial charge in [0.1, 0.15) is 11.3 Å². The maximum atomic E-state index is 12.7. The van der Waals surface area contributed by atoms with Crippen LogP contribution in [0.15, 0.2) is 54.7 Å². The molecule has 1 N–H and O–H groups in total. The third kappa shape index (κ3) is 3.27. The average molecular weight is 394 g/mol. The van der Waals surface area contributed by atoms with Crippen LogP contribution in [0.2, 0.25) is 5.02 Å². The SMILES string of the molecule is COc1ccc(C)cc1NC(=O)c1ccc(-n2nnc3cccnc32)cc1Cl. The van der Waals surface area contributed by atoms with E-state index in [0.29, 0.717) is 38.9 Å². The number of nitrogens with zero attached hydrogens (tertiary/aromatic N) is 4. The number of carbonyl (C=O) groups excluding carboxylic acids is 1. The highest BCUT2D eigenvalue weighted by Crippen LogP contribution is 2.27. The summed E-state index contributed by atoms with van der Waals surface area (Å²) in [7, 11) is 1.55. The van der Waals surface area contributed by atoms with Gasteiger partial charge < -0.3 is 10.1 Å². The molecule has 2 aromatic carbocycles. The zero-order valence-corrected chi connectivity index (χ0v) is 15.9. The summed E-state index contributed by atoms with van der Waals surface area (Å²) in [5, 5.41) is 11.3. The fourth-order valence-corrected chi connectivity index (χ4v) is 3.13. The molecule has 2 aromatic heterocycles. The van der Waals surface area contributed by atoms with Crippen molar-refractivity contribution in [1.82, 2.24) is 20.0 Å². The fraction of sp³-hybridized carbons (Fsp3) is 0.100. The van der Waals surface area contributed by atoms with Crippen molar-refractivity contribution in [2.24, 2.45) is 0 Å². The molecule has 4 rings (SSSR count). The number of hydrogen-bond acceptors (Lipinski definition) is 5. The molecule has 28 heavy (non-hydrogen) atoms. The lowest BCUT2D eigenvalue weighted by Crippen LogP contribution is -2.13. The van der Waals surface area contributed by atoms with E-state index in [1.165, 1.54) is 0 Å². The predicted octanol–water partition coefficient (Wildman–Crippen LogP) is 4.04. The molecule has 0 bridgehead atoms. The van der Waals surface area contributed by atoms with Crippen LogP contribution in [0.3, 0.4) is 0 Å². The van der Waals surface area contributed by atoms with Crippen LogP contribution in [0.1, 0.15) is 15.9 Å². The Morgan fingerprint density at radius 1 is 1.18 bits per heavy atom. The number of pyridine rings is 1. The van der Waals surface area contributed by atoms with Crippen molar-refractivity contribution in [1.29, 1.82) is 0 Å². The topological polar surface area (TPSA) is 81.9 Å². The van der Waals surface area contributed by atoms with Gasteiger partial charge in [0, 0.05) is 6.20 Å². The molecular weight excluding hydrogens is 378 g/mol. The normalized spacial score (nSPS) is 10.8. The molecule has 0 aliphatic carbocycles. The summed E-state index contributed by atoms with van der Waals surface area (Å²) in [6.07, 6.45) is 1.67. The van der Waals surface area contributed by atoms with Crippen molar-refractivity contribution in [2.75, 3.05) is 12.4 Å². The van der Waals surface area contributed by atoms with E-state index in [1.807, 2.05) is 25.1 Å². The molecule has 0 spiro atoms. The first kappa shape index (κ1) is 17.9. The number of anilines is 1. The quantitative estimate of drug-likeness (QED) is 0.566. The molecule has 4 aromatic rings. The van der Waals surface area contributed by atoms with Crippen molar-refractivity contribution in [3.05, 3.63) is 70.9 Å². The molecule has 7 nitrogen and oxygen atoms in total. The van der Waals surface area contributed by atoms with Gasteiger partial charge in [-0.15, -0.1) is 5.10 Å². The molecular formula is C20H16ClN5O2. The van der Waals surface area contributed by atoms with E-state index in [9.17, 15) is 4.79 Å². The Labute approximate surface area is 165 Å². The largest absolute Gasteiger partial charge is 0.495 e. The molecule has 0 radical (unpaired) electrons. The van der Waals surface area contributed by atoms with Gasteiger partial charge in [0.2, 0.25) is 0 Å². The van der Waals surface area contributed by atoms with Crippen LogP contribution >= 0.6 is 11.6 Å². The maximum absolute atomic E-state index is 12.7. The number of amides is 1. The minimum Gasteiger partial charge on any atom is -0.495 e. The second-order valence-corrected chi connectivity index (χ2v) is 6.58. The summed E-state index contributed by atoms with van der Waals surface area (Å²) in [5.74, 6) is 0.244. The highest BCUT2D eigenvalue weighted by Gasteiger charge is 2.15. The summed E-state index contributed by atoms with van der Waals surface area (Å²) in [5.41, 5.74) is 3.87.